The highest BCUT2D eigenvalue weighted by Crippen LogP contribution is 2.36. The van der Waals surface area contributed by atoms with Crippen LogP contribution >= 0.6 is 34.8 Å². The fraction of sp³-hybridized carbons (Fsp3) is 0.333. The Morgan fingerprint density at radius 2 is 2.11 bits per heavy atom. The zero-order chi connectivity index (χ0) is 6.91. The minimum absolute atomic E-state index is 0.0208. The molecule has 9 heavy (non-hydrogen) atoms. The Morgan fingerprint density at radius 3 is 2.33 bits per heavy atom. The van der Waals surface area contributed by atoms with E-state index in [9.17, 15) is 0 Å². The fourth-order valence-electron chi connectivity index (χ4n) is 0.298. The fourth-order valence-corrected chi connectivity index (χ4v) is 0.548. The van der Waals surface area contributed by atoms with Crippen molar-refractivity contribution in [3.05, 3.63) is 12.2 Å². The number of hydrogen-bond donors (Lipinski definition) is 0. The largest absolute Gasteiger partial charge is 0.335 e. The zero-order valence-electron chi connectivity index (χ0n) is 4.01. The third-order valence-corrected chi connectivity index (χ3v) is 1.09. The molecule has 0 N–H and O–H groups in total. The van der Waals surface area contributed by atoms with Crippen LogP contribution in [0.15, 0.2) is 10.9 Å². The Labute approximate surface area is 65.9 Å². The lowest BCUT2D eigenvalue weighted by Gasteiger charge is -2.00. The van der Waals surface area contributed by atoms with E-state index < -0.39 is 3.79 Å². The zero-order valence-corrected chi connectivity index (χ0v) is 6.28. The molecule has 1 rings (SSSR count). The molecule has 0 amide bonds. The van der Waals surface area contributed by atoms with E-state index >= 15 is 0 Å². The van der Waals surface area contributed by atoms with Crippen LogP contribution in [-0.2, 0) is 3.79 Å². The smallest absolute Gasteiger partial charge is 0.278 e. The molecule has 6 heteroatoms. The molecule has 50 valence electrons. The quantitative estimate of drug-likeness (QED) is 0.582. The summed E-state index contributed by atoms with van der Waals surface area (Å²) >= 11 is 16.0. The van der Waals surface area contributed by atoms with Crippen LogP contribution in [0.2, 0.25) is 0 Å². The first-order chi connectivity index (χ1) is 4.11. The van der Waals surface area contributed by atoms with Crippen LogP contribution in [0, 0.1) is 0 Å². The second-order valence-corrected chi connectivity index (χ2v) is 3.53. The normalized spacial score (nSPS) is 11.9. The third-order valence-electron chi connectivity index (χ3n) is 0.604. The molecule has 0 bridgehead atoms. The van der Waals surface area contributed by atoms with Gasteiger partial charge < -0.3 is 4.52 Å². The second-order valence-electron chi connectivity index (χ2n) is 1.24. The van der Waals surface area contributed by atoms with Crippen LogP contribution in [0.3, 0.4) is 0 Å². The molecule has 1 heterocycles. The average molecular weight is 187 g/mol. The monoisotopic (exact) mass is 186 g/mol. The van der Waals surface area contributed by atoms with Gasteiger partial charge in [0.15, 0.2) is 6.33 Å². The molecule has 0 aromatic carbocycles. The molecule has 0 saturated heterocycles. The standard InChI is InChI=1S/C3HCl3N2O/c4-3(5,6)2-7-1-8-9-2/h1H. The molecule has 3 nitrogen and oxygen atoms in total. The van der Waals surface area contributed by atoms with E-state index in [0.29, 0.717) is 0 Å². The molecule has 0 aliphatic rings. The van der Waals surface area contributed by atoms with Crippen molar-refractivity contribution in [1.29, 1.82) is 0 Å². The molecule has 1 aromatic rings. The number of hydrogen-bond acceptors (Lipinski definition) is 3. The number of aromatic nitrogens is 2. The van der Waals surface area contributed by atoms with Crippen molar-refractivity contribution in [2.45, 2.75) is 3.79 Å². The van der Waals surface area contributed by atoms with Gasteiger partial charge in [-0.2, -0.15) is 4.98 Å². The molecule has 0 aliphatic carbocycles. The van der Waals surface area contributed by atoms with Crippen molar-refractivity contribution in [3.63, 3.8) is 0 Å². The van der Waals surface area contributed by atoms with Crippen molar-refractivity contribution < 1.29 is 4.52 Å². The predicted molar refractivity (Wildman–Crippen MR) is 33.5 cm³/mol. The van der Waals surface area contributed by atoms with Crippen LogP contribution in [-0.4, -0.2) is 10.1 Å². The molecule has 0 fully saturated rings. The summed E-state index contributed by atoms with van der Waals surface area (Å²) in [4.78, 5) is 3.51. The van der Waals surface area contributed by atoms with Gasteiger partial charge in [0.2, 0.25) is 0 Å². The number of halogens is 3. The molecular formula is C3HCl3N2O. The Bertz CT molecular complexity index is 179. The van der Waals surface area contributed by atoms with Gasteiger partial charge in [0.1, 0.15) is 0 Å². The Morgan fingerprint density at radius 1 is 1.44 bits per heavy atom. The highest BCUT2D eigenvalue weighted by atomic mass is 35.6. The van der Waals surface area contributed by atoms with Crippen LogP contribution in [0.1, 0.15) is 5.89 Å². The SMILES string of the molecule is ClC(Cl)(Cl)c1ncno1. The van der Waals surface area contributed by atoms with Crippen molar-refractivity contribution in [2.24, 2.45) is 0 Å². The van der Waals surface area contributed by atoms with E-state index in [-0.39, 0.29) is 5.89 Å². The Kier molecular flexibility index (Phi) is 1.84. The summed E-state index contributed by atoms with van der Waals surface area (Å²) in [5.41, 5.74) is 0. The van der Waals surface area contributed by atoms with Crippen molar-refractivity contribution in [2.75, 3.05) is 0 Å². The summed E-state index contributed by atoms with van der Waals surface area (Å²) in [6.45, 7) is 0. The highest BCUT2D eigenvalue weighted by Gasteiger charge is 2.28. The summed E-state index contributed by atoms with van der Waals surface area (Å²) in [6, 6.07) is 0. The Balaban J connectivity index is 2.90. The minimum Gasteiger partial charge on any atom is -0.335 e. The van der Waals surface area contributed by atoms with Crippen LogP contribution in [0.25, 0.3) is 0 Å². The van der Waals surface area contributed by atoms with Gasteiger partial charge in [-0.05, 0) is 0 Å². The molecule has 0 spiro atoms. The lowest BCUT2D eigenvalue weighted by molar-refractivity contribution is 0.381. The third kappa shape index (κ3) is 1.71. The molecule has 0 atom stereocenters. The van der Waals surface area contributed by atoms with Crippen LogP contribution in [0.5, 0.6) is 0 Å². The minimum atomic E-state index is -1.60. The van der Waals surface area contributed by atoms with E-state index in [1.54, 1.807) is 0 Å². The second kappa shape index (κ2) is 2.33. The summed E-state index contributed by atoms with van der Waals surface area (Å²) in [5.74, 6) is -0.0208. The van der Waals surface area contributed by atoms with E-state index in [4.69, 9.17) is 34.8 Å². The van der Waals surface area contributed by atoms with Gasteiger partial charge in [-0.15, -0.1) is 0 Å². The van der Waals surface area contributed by atoms with Gasteiger partial charge >= 0.3 is 0 Å². The summed E-state index contributed by atoms with van der Waals surface area (Å²) in [7, 11) is 0. The lowest BCUT2D eigenvalue weighted by Crippen LogP contribution is -1.98. The lowest BCUT2D eigenvalue weighted by atomic mass is 10.8. The van der Waals surface area contributed by atoms with Gasteiger partial charge in [-0.25, -0.2) is 0 Å². The number of nitrogens with zero attached hydrogens (tertiary/aromatic N) is 2. The predicted octanol–water partition coefficient (Wildman–Crippen LogP) is 1.90. The average Bonchev–Trinajstić information content (AvgIpc) is 2.08. The first-order valence-electron chi connectivity index (χ1n) is 1.94. The van der Waals surface area contributed by atoms with Crippen molar-refractivity contribution in [1.82, 2.24) is 10.1 Å². The first-order valence-corrected chi connectivity index (χ1v) is 3.08. The maximum atomic E-state index is 5.33. The molecule has 1 aromatic heterocycles. The van der Waals surface area contributed by atoms with E-state index in [1.165, 1.54) is 0 Å². The number of alkyl halides is 3. The topological polar surface area (TPSA) is 38.9 Å². The van der Waals surface area contributed by atoms with E-state index in [0.717, 1.165) is 6.33 Å². The van der Waals surface area contributed by atoms with Gasteiger partial charge in [0.25, 0.3) is 9.68 Å². The van der Waals surface area contributed by atoms with E-state index in [2.05, 4.69) is 14.7 Å². The highest BCUT2D eigenvalue weighted by molar-refractivity contribution is 6.66. The van der Waals surface area contributed by atoms with Crippen LogP contribution in [0.4, 0.5) is 0 Å². The molecule has 0 unspecified atom stereocenters. The summed E-state index contributed by atoms with van der Waals surface area (Å²) < 4.78 is 2.84. The summed E-state index contributed by atoms with van der Waals surface area (Å²) in [6.07, 6.45) is 1.16. The Hall–Kier alpha value is 0.01000. The van der Waals surface area contributed by atoms with Gasteiger partial charge in [0, 0.05) is 0 Å². The van der Waals surface area contributed by atoms with Gasteiger partial charge in [-0.3, -0.25) is 0 Å². The van der Waals surface area contributed by atoms with Crippen molar-refractivity contribution in [3.8, 4) is 0 Å². The maximum Gasteiger partial charge on any atom is 0.278 e. The maximum absolute atomic E-state index is 5.33. The molecular weight excluding hydrogens is 186 g/mol. The van der Waals surface area contributed by atoms with E-state index in [1.807, 2.05) is 0 Å². The first kappa shape index (κ1) is 7.12. The van der Waals surface area contributed by atoms with Gasteiger partial charge in [0.05, 0.1) is 0 Å². The molecule has 0 aliphatic heterocycles. The van der Waals surface area contributed by atoms with Crippen molar-refractivity contribution >= 4 is 34.8 Å². The number of rotatable bonds is 0. The van der Waals surface area contributed by atoms with Gasteiger partial charge in [-0.1, -0.05) is 40.0 Å². The molecule has 0 radical (unpaired) electrons. The molecule has 0 saturated carbocycles. The van der Waals surface area contributed by atoms with Crippen LogP contribution < -0.4 is 0 Å². The summed E-state index contributed by atoms with van der Waals surface area (Å²) in [5, 5.41) is 3.25.